The molecule has 1 aliphatic rings. The fourth-order valence-electron chi connectivity index (χ4n) is 2.91. The molecule has 0 radical (unpaired) electrons. The standard InChI is InChI=1S/C17H26F2N2/c1-13(2)10-20-11-16-5-3-4-8-21(16)12-14-6-7-15(18)9-17(14)19/h6-7,9,13,16,20H,3-5,8,10-12H2,1-2H3. The summed E-state index contributed by atoms with van der Waals surface area (Å²) in [6.07, 6.45) is 3.54. The topological polar surface area (TPSA) is 15.3 Å². The lowest BCUT2D eigenvalue weighted by Crippen LogP contribution is -2.45. The molecule has 0 bridgehead atoms. The zero-order valence-corrected chi connectivity index (χ0v) is 13.0. The predicted octanol–water partition coefficient (Wildman–Crippen LogP) is 3.56. The molecule has 21 heavy (non-hydrogen) atoms. The molecule has 0 aliphatic carbocycles. The average Bonchev–Trinajstić information content (AvgIpc) is 2.43. The van der Waals surface area contributed by atoms with Gasteiger partial charge in [0.15, 0.2) is 0 Å². The van der Waals surface area contributed by atoms with E-state index in [1.807, 2.05) is 0 Å². The summed E-state index contributed by atoms with van der Waals surface area (Å²) in [4.78, 5) is 2.33. The molecule has 2 rings (SSSR count). The number of nitrogens with zero attached hydrogens (tertiary/aromatic N) is 1. The zero-order valence-electron chi connectivity index (χ0n) is 13.0. The molecule has 0 spiro atoms. The molecule has 1 heterocycles. The lowest BCUT2D eigenvalue weighted by atomic mass is 10.0. The molecule has 1 N–H and O–H groups in total. The number of hydrogen-bond acceptors (Lipinski definition) is 2. The van der Waals surface area contributed by atoms with Gasteiger partial charge >= 0.3 is 0 Å². The van der Waals surface area contributed by atoms with E-state index in [0.717, 1.165) is 38.5 Å². The van der Waals surface area contributed by atoms with Gasteiger partial charge in [0, 0.05) is 30.8 Å². The maximum absolute atomic E-state index is 13.8. The SMILES string of the molecule is CC(C)CNCC1CCCCN1Cc1ccc(F)cc1F. The normalized spacial score (nSPS) is 20.1. The van der Waals surface area contributed by atoms with Gasteiger partial charge in [-0.1, -0.05) is 26.3 Å². The van der Waals surface area contributed by atoms with Gasteiger partial charge in [-0.05, 0) is 37.9 Å². The number of piperidine rings is 1. The Morgan fingerprint density at radius 1 is 1.29 bits per heavy atom. The van der Waals surface area contributed by atoms with Crippen molar-refractivity contribution in [1.82, 2.24) is 10.2 Å². The van der Waals surface area contributed by atoms with E-state index in [4.69, 9.17) is 0 Å². The van der Waals surface area contributed by atoms with Gasteiger partial charge in [0.1, 0.15) is 11.6 Å². The molecule has 1 saturated heterocycles. The summed E-state index contributed by atoms with van der Waals surface area (Å²) in [5, 5.41) is 3.50. The van der Waals surface area contributed by atoms with Crippen LogP contribution in [0.25, 0.3) is 0 Å². The fraction of sp³-hybridized carbons (Fsp3) is 0.647. The van der Waals surface area contributed by atoms with Gasteiger partial charge in [0.25, 0.3) is 0 Å². The van der Waals surface area contributed by atoms with E-state index in [9.17, 15) is 8.78 Å². The summed E-state index contributed by atoms with van der Waals surface area (Å²) in [6, 6.07) is 4.33. The van der Waals surface area contributed by atoms with Crippen LogP contribution in [0.15, 0.2) is 18.2 Å². The number of halogens is 2. The van der Waals surface area contributed by atoms with Crippen molar-refractivity contribution >= 4 is 0 Å². The Kier molecular flexibility index (Phi) is 6.12. The minimum absolute atomic E-state index is 0.436. The largest absolute Gasteiger partial charge is 0.315 e. The van der Waals surface area contributed by atoms with Gasteiger partial charge in [-0.25, -0.2) is 8.78 Å². The van der Waals surface area contributed by atoms with Crippen molar-refractivity contribution in [1.29, 1.82) is 0 Å². The van der Waals surface area contributed by atoms with Crippen LogP contribution in [0.4, 0.5) is 8.78 Å². The molecule has 1 unspecified atom stereocenters. The number of likely N-dealkylation sites (tertiary alicyclic amines) is 1. The van der Waals surface area contributed by atoms with E-state index in [2.05, 4.69) is 24.1 Å². The lowest BCUT2D eigenvalue weighted by molar-refractivity contribution is 0.135. The van der Waals surface area contributed by atoms with E-state index in [1.165, 1.54) is 12.5 Å². The van der Waals surface area contributed by atoms with Crippen LogP contribution in [0, 0.1) is 17.6 Å². The smallest absolute Gasteiger partial charge is 0.130 e. The molecule has 1 aromatic carbocycles. The lowest BCUT2D eigenvalue weighted by Gasteiger charge is -2.36. The second-order valence-corrected chi connectivity index (χ2v) is 6.41. The molecule has 118 valence electrons. The minimum atomic E-state index is -0.509. The summed E-state index contributed by atoms with van der Waals surface area (Å²) < 4.78 is 26.8. The van der Waals surface area contributed by atoms with Crippen molar-refractivity contribution in [3.63, 3.8) is 0 Å². The molecule has 0 saturated carbocycles. The third-order valence-corrected chi connectivity index (χ3v) is 4.07. The highest BCUT2D eigenvalue weighted by Gasteiger charge is 2.23. The molecule has 1 aliphatic heterocycles. The maximum atomic E-state index is 13.8. The Morgan fingerprint density at radius 2 is 2.10 bits per heavy atom. The second-order valence-electron chi connectivity index (χ2n) is 6.41. The number of hydrogen-bond donors (Lipinski definition) is 1. The third-order valence-electron chi connectivity index (χ3n) is 4.07. The molecule has 1 fully saturated rings. The summed E-state index contributed by atoms with van der Waals surface area (Å²) in [6.45, 7) is 7.90. The highest BCUT2D eigenvalue weighted by Crippen LogP contribution is 2.21. The van der Waals surface area contributed by atoms with Gasteiger partial charge in [-0.15, -0.1) is 0 Å². The average molecular weight is 296 g/mol. The van der Waals surface area contributed by atoms with Crippen molar-refractivity contribution < 1.29 is 8.78 Å². The minimum Gasteiger partial charge on any atom is -0.315 e. The summed E-state index contributed by atoms with van der Waals surface area (Å²) in [5.41, 5.74) is 0.590. The van der Waals surface area contributed by atoms with Gasteiger partial charge in [-0.2, -0.15) is 0 Å². The molecular formula is C17H26F2N2. The van der Waals surface area contributed by atoms with Crippen molar-refractivity contribution in [2.24, 2.45) is 5.92 Å². The first-order valence-corrected chi connectivity index (χ1v) is 7.95. The fourth-order valence-corrected chi connectivity index (χ4v) is 2.91. The van der Waals surface area contributed by atoms with Gasteiger partial charge < -0.3 is 5.32 Å². The molecular weight excluding hydrogens is 270 g/mol. The van der Waals surface area contributed by atoms with Crippen molar-refractivity contribution in [2.45, 2.75) is 45.7 Å². The number of benzene rings is 1. The second kappa shape index (κ2) is 7.85. The zero-order chi connectivity index (χ0) is 15.2. The van der Waals surface area contributed by atoms with E-state index >= 15 is 0 Å². The highest BCUT2D eigenvalue weighted by atomic mass is 19.1. The van der Waals surface area contributed by atoms with Gasteiger partial charge in [-0.3, -0.25) is 4.90 Å². The van der Waals surface area contributed by atoms with Gasteiger partial charge in [0.05, 0.1) is 0 Å². The molecule has 0 amide bonds. The van der Waals surface area contributed by atoms with E-state index in [1.54, 1.807) is 6.07 Å². The molecule has 2 nitrogen and oxygen atoms in total. The van der Waals surface area contributed by atoms with E-state index in [0.29, 0.717) is 24.1 Å². The quantitative estimate of drug-likeness (QED) is 0.863. The molecule has 1 aromatic rings. The van der Waals surface area contributed by atoms with Crippen LogP contribution >= 0.6 is 0 Å². The number of rotatable bonds is 6. The van der Waals surface area contributed by atoms with Crippen LogP contribution in [0.5, 0.6) is 0 Å². The molecule has 1 atom stereocenters. The van der Waals surface area contributed by atoms with Crippen LogP contribution in [0.1, 0.15) is 38.7 Å². The molecule has 4 heteroatoms. The first-order chi connectivity index (χ1) is 10.1. The van der Waals surface area contributed by atoms with Crippen LogP contribution in [0.3, 0.4) is 0 Å². The van der Waals surface area contributed by atoms with E-state index in [-0.39, 0.29) is 0 Å². The van der Waals surface area contributed by atoms with Crippen molar-refractivity contribution in [2.75, 3.05) is 19.6 Å². The monoisotopic (exact) mass is 296 g/mol. The predicted molar refractivity (Wildman–Crippen MR) is 82.1 cm³/mol. The Hall–Kier alpha value is -1.00. The van der Waals surface area contributed by atoms with Crippen molar-refractivity contribution in [3.8, 4) is 0 Å². The van der Waals surface area contributed by atoms with Crippen LogP contribution in [0.2, 0.25) is 0 Å². The van der Waals surface area contributed by atoms with Crippen LogP contribution < -0.4 is 5.32 Å². The molecule has 0 aromatic heterocycles. The summed E-state index contributed by atoms with van der Waals surface area (Å²) in [5.74, 6) is -0.309. The van der Waals surface area contributed by atoms with Gasteiger partial charge in [0.2, 0.25) is 0 Å². The summed E-state index contributed by atoms with van der Waals surface area (Å²) >= 11 is 0. The number of nitrogens with one attached hydrogen (secondary N) is 1. The Morgan fingerprint density at radius 3 is 2.81 bits per heavy atom. The third kappa shape index (κ3) is 5.04. The maximum Gasteiger partial charge on any atom is 0.130 e. The van der Waals surface area contributed by atoms with E-state index < -0.39 is 11.6 Å². The summed E-state index contributed by atoms with van der Waals surface area (Å²) in [7, 11) is 0. The highest BCUT2D eigenvalue weighted by molar-refractivity contribution is 5.18. The Labute approximate surface area is 126 Å². The Bertz CT molecular complexity index is 448. The Balaban J connectivity index is 1.94. The van der Waals surface area contributed by atoms with Crippen molar-refractivity contribution in [3.05, 3.63) is 35.4 Å². The first-order valence-electron chi connectivity index (χ1n) is 7.95. The van der Waals surface area contributed by atoms with Crippen LogP contribution in [-0.4, -0.2) is 30.6 Å². The van der Waals surface area contributed by atoms with Crippen LogP contribution in [-0.2, 0) is 6.54 Å². The first kappa shape index (κ1) is 16.4.